The van der Waals surface area contributed by atoms with Crippen LogP contribution in [0.4, 0.5) is 0 Å². The van der Waals surface area contributed by atoms with Crippen molar-refractivity contribution in [2.24, 2.45) is 12.8 Å². The standard InChI is InChI=1S/C12H15N3O2/c1-7-14-10-5-8(12(17)9(13)6-16)3-4-11(10)15(7)2/h3-5,9,16H,6,13H2,1-2H3. The topological polar surface area (TPSA) is 81.1 Å². The second-order valence-corrected chi connectivity index (χ2v) is 4.07. The molecule has 1 heterocycles. The van der Waals surface area contributed by atoms with E-state index in [1.54, 1.807) is 12.1 Å². The second kappa shape index (κ2) is 4.27. The molecule has 0 saturated carbocycles. The van der Waals surface area contributed by atoms with Crippen LogP contribution in [0.15, 0.2) is 18.2 Å². The Morgan fingerprint density at radius 2 is 2.29 bits per heavy atom. The van der Waals surface area contributed by atoms with Gasteiger partial charge in [0, 0.05) is 12.6 Å². The molecule has 90 valence electrons. The quantitative estimate of drug-likeness (QED) is 0.751. The average Bonchev–Trinajstić information content (AvgIpc) is 2.62. The summed E-state index contributed by atoms with van der Waals surface area (Å²) >= 11 is 0. The highest BCUT2D eigenvalue weighted by Gasteiger charge is 2.16. The van der Waals surface area contributed by atoms with Gasteiger partial charge in [0.05, 0.1) is 23.7 Å². The van der Waals surface area contributed by atoms with Gasteiger partial charge in [-0.15, -0.1) is 0 Å². The molecule has 0 saturated heterocycles. The van der Waals surface area contributed by atoms with Crippen LogP contribution < -0.4 is 5.73 Å². The lowest BCUT2D eigenvalue weighted by molar-refractivity contribution is 0.0925. The lowest BCUT2D eigenvalue weighted by Crippen LogP contribution is -2.33. The summed E-state index contributed by atoms with van der Waals surface area (Å²) in [6.07, 6.45) is 0. The summed E-state index contributed by atoms with van der Waals surface area (Å²) in [5, 5.41) is 8.86. The predicted octanol–water partition coefficient (Wildman–Crippen LogP) is 0.384. The fraction of sp³-hybridized carbons (Fsp3) is 0.333. The molecule has 5 heteroatoms. The van der Waals surface area contributed by atoms with Gasteiger partial charge in [0.25, 0.3) is 0 Å². The molecule has 5 nitrogen and oxygen atoms in total. The highest BCUT2D eigenvalue weighted by atomic mass is 16.3. The normalized spacial score (nSPS) is 12.9. The highest BCUT2D eigenvalue weighted by molar-refractivity contribution is 6.02. The first-order valence-corrected chi connectivity index (χ1v) is 5.38. The molecule has 2 rings (SSSR count). The summed E-state index contributed by atoms with van der Waals surface area (Å²) in [7, 11) is 1.92. The molecule has 0 spiro atoms. The lowest BCUT2D eigenvalue weighted by atomic mass is 10.0. The van der Waals surface area contributed by atoms with E-state index in [2.05, 4.69) is 4.98 Å². The number of aryl methyl sites for hydroxylation is 2. The zero-order chi connectivity index (χ0) is 12.6. The first kappa shape index (κ1) is 11.8. The van der Waals surface area contributed by atoms with Crippen molar-refractivity contribution < 1.29 is 9.90 Å². The van der Waals surface area contributed by atoms with E-state index < -0.39 is 6.04 Å². The fourth-order valence-corrected chi connectivity index (χ4v) is 1.77. The molecule has 1 atom stereocenters. The van der Waals surface area contributed by atoms with Crippen LogP contribution in [0.3, 0.4) is 0 Å². The summed E-state index contributed by atoms with van der Waals surface area (Å²) in [5.41, 5.74) is 7.72. The van der Waals surface area contributed by atoms with E-state index in [-0.39, 0.29) is 12.4 Å². The molecule has 1 unspecified atom stereocenters. The number of rotatable bonds is 3. The fourth-order valence-electron chi connectivity index (χ4n) is 1.77. The predicted molar refractivity (Wildman–Crippen MR) is 64.8 cm³/mol. The molecule has 0 fully saturated rings. The molecular formula is C12H15N3O2. The first-order valence-electron chi connectivity index (χ1n) is 5.38. The third-order valence-electron chi connectivity index (χ3n) is 2.92. The first-order chi connectivity index (χ1) is 8.04. The van der Waals surface area contributed by atoms with Crippen molar-refractivity contribution in [2.75, 3.05) is 6.61 Å². The van der Waals surface area contributed by atoms with E-state index in [1.165, 1.54) is 0 Å². The minimum atomic E-state index is -0.864. The van der Waals surface area contributed by atoms with Crippen molar-refractivity contribution in [3.63, 3.8) is 0 Å². The van der Waals surface area contributed by atoms with Crippen LogP contribution in [0.2, 0.25) is 0 Å². The van der Waals surface area contributed by atoms with Gasteiger partial charge in [-0.2, -0.15) is 0 Å². The summed E-state index contributed by atoms with van der Waals surface area (Å²) in [6, 6.07) is 4.39. The zero-order valence-electron chi connectivity index (χ0n) is 9.84. The number of aromatic nitrogens is 2. The molecule has 0 radical (unpaired) electrons. The largest absolute Gasteiger partial charge is 0.394 e. The average molecular weight is 233 g/mol. The smallest absolute Gasteiger partial charge is 0.181 e. The Labute approximate surface area is 98.9 Å². The molecule has 1 aromatic carbocycles. The number of carbonyl (C=O) groups excluding carboxylic acids is 1. The molecule has 0 aliphatic rings. The number of nitrogens with zero attached hydrogens (tertiary/aromatic N) is 2. The van der Waals surface area contributed by atoms with Gasteiger partial charge in [-0.3, -0.25) is 4.79 Å². The molecular weight excluding hydrogens is 218 g/mol. The van der Waals surface area contributed by atoms with Gasteiger partial charge in [0.1, 0.15) is 5.82 Å². The van der Waals surface area contributed by atoms with Crippen LogP contribution in [0.25, 0.3) is 11.0 Å². The molecule has 17 heavy (non-hydrogen) atoms. The maximum atomic E-state index is 11.8. The number of fused-ring (bicyclic) bond motifs is 1. The van der Waals surface area contributed by atoms with E-state index in [0.29, 0.717) is 5.56 Å². The maximum absolute atomic E-state index is 11.8. The minimum absolute atomic E-state index is 0.266. The third-order valence-corrected chi connectivity index (χ3v) is 2.92. The van der Waals surface area contributed by atoms with E-state index in [4.69, 9.17) is 10.8 Å². The van der Waals surface area contributed by atoms with E-state index in [9.17, 15) is 4.79 Å². The molecule has 0 aliphatic heterocycles. The molecule has 2 aromatic rings. The van der Waals surface area contributed by atoms with Gasteiger partial charge in [0.2, 0.25) is 0 Å². The number of imidazole rings is 1. The number of ketones is 1. The van der Waals surface area contributed by atoms with Gasteiger partial charge < -0.3 is 15.4 Å². The number of carbonyl (C=O) groups is 1. The third kappa shape index (κ3) is 1.94. The number of aliphatic hydroxyl groups excluding tert-OH is 1. The van der Waals surface area contributed by atoms with Crippen molar-refractivity contribution in [3.05, 3.63) is 29.6 Å². The van der Waals surface area contributed by atoms with Crippen LogP contribution in [0.5, 0.6) is 0 Å². The Balaban J connectivity index is 2.48. The van der Waals surface area contributed by atoms with Gasteiger partial charge in [-0.25, -0.2) is 4.98 Å². The van der Waals surface area contributed by atoms with E-state index in [0.717, 1.165) is 16.9 Å². The van der Waals surface area contributed by atoms with Crippen LogP contribution in [-0.4, -0.2) is 33.1 Å². The second-order valence-electron chi connectivity index (χ2n) is 4.07. The van der Waals surface area contributed by atoms with Crippen LogP contribution in [0, 0.1) is 6.92 Å². The Morgan fingerprint density at radius 1 is 1.59 bits per heavy atom. The van der Waals surface area contributed by atoms with Crippen molar-refractivity contribution in [1.82, 2.24) is 9.55 Å². The Kier molecular flexibility index (Phi) is 2.95. The number of hydrogen-bond acceptors (Lipinski definition) is 4. The van der Waals surface area contributed by atoms with Gasteiger partial charge in [0.15, 0.2) is 5.78 Å². The van der Waals surface area contributed by atoms with Crippen molar-refractivity contribution in [3.8, 4) is 0 Å². The minimum Gasteiger partial charge on any atom is -0.394 e. The van der Waals surface area contributed by atoms with Crippen LogP contribution >= 0.6 is 0 Å². The maximum Gasteiger partial charge on any atom is 0.181 e. The van der Waals surface area contributed by atoms with E-state index in [1.807, 2.05) is 24.6 Å². The molecule has 1 aromatic heterocycles. The molecule has 0 aliphatic carbocycles. The van der Waals surface area contributed by atoms with Crippen molar-refractivity contribution in [2.45, 2.75) is 13.0 Å². The van der Waals surface area contributed by atoms with Crippen molar-refractivity contribution in [1.29, 1.82) is 0 Å². The van der Waals surface area contributed by atoms with Crippen LogP contribution in [-0.2, 0) is 7.05 Å². The number of Topliss-reactive ketones (excluding diaryl/α,β-unsaturated/α-hetero) is 1. The Bertz CT molecular complexity index is 574. The highest BCUT2D eigenvalue weighted by Crippen LogP contribution is 2.17. The summed E-state index contributed by atoms with van der Waals surface area (Å²) in [4.78, 5) is 16.1. The number of hydrogen-bond donors (Lipinski definition) is 2. The number of nitrogens with two attached hydrogens (primary N) is 1. The monoisotopic (exact) mass is 233 g/mol. The van der Waals surface area contributed by atoms with Gasteiger partial charge in [-0.1, -0.05) is 0 Å². The van der Waals surface area contributed by atoms with Crippen LogP contribution in [0.1, 0.15) is 16.2 Å². The van der Waals surface area contributed by atoms with Crippen molar-refractivity contribution >= 4 is 16.8 Å². The SMILES string of the molecule is Cc1nc2cc(C(=O)C(N)CO)ccc2n1C. The molecule has 0 amide bonds. The molecule has 3 N–H and O–H groups in total. The summed E-state index contributed by atoms with van der Waals surface area (Å²) < 4.78 is 1.95. The number of aliphatic hydroxyl groups is 1. The van der Waals surface area contributed by atoms with E-state index >= 15 is 0 Å². The Hall–Kier alpha value is -1.72. The summed E-state index contributed by atoms with van der Waals surface area (Å²) in [6.45, 7) is 1.55. The van der Waals surface area contributed by atoms with Gasteiger partial charge >= 0.3 is 0 Å². The lowest BCUT2D eigenvalue weighted by Gasteiger charge is -2.06. The zero-order valence-corrected chi connectivity index (χ0v) is 9.84. The Morgan fingerprint density at radius 3 is 2.94 bits per heavy atom. The summed E-state index contributed by atoms with van der Waals surface area (Å²) in [5.74, 6) is 0.619. The van der Waals surface area contributed by atoms with Gasteiger partial charge in [-0.05, 0) is 25.1 Å². The molecule has 0 bridgehead atoms. The number of benzene rings is 1.